The largest absolute Gasteiger partial charge is 0.468 e. The molecule has 8 rings (SSSR count). The molecule has 0 bridgehead atoms. The topological polar surface area (TPSA) is 121 Å². The van der Waals surface area contributed by atoms with E-state index < -0.39 is 5.82 Å². The summed E-state index contributed by atoms with van der Waals surface area (Å²) in [6.45, 7) is 5.01. The zero-order valence-corrected chi connectivity index (χ0v) is 27.4. The van der Waals surface area contributed by atoms with Crippen molar-refractivity contribution in [2.75, 3.05) is 51.3 Å². The summed E-state index contributed by atoms with van der Waals surface area (Å²) in [6.07, 6.45) is 11.5. The Bertz CT molecular complexity index is 1810. The minimum Gasteiger partial charge on any atom is -0.468 e. The normalized spacial score (nSPS) is 23.8. The van der Waals surface area contributed by atoms with E-state index in [0.29, 0.717) is 59.5 Å². The molecule has 3 atom stereocenters. The second-order valence-corrected chi connectivity index (χ2v) is 14.0. The first-order chi connectivity index (χ1) is 23.0. The standard InChI is InChI=1S/C34H40ClFN8O3/c1-37-21-5-2-9-43(17-21)32-24-15-38-31(29(36)30(24)40-33(41-32)47-18-34-7-3-10-44(34)11-4-8-34)28-23-16-39-42-26(23)14-25(35)27(28)22-13-20(22)6-12-46-19-45/h14-16,19-22,37H,2-13,17-18H2,1H3,(H,39,42). The number of pyridine rings is 1. The van der Waals surface area contributed by atoms with Gasteiger partial charge in [0, 0.05) is 41.3 Å². The van der Waals surface area contributed by atoms with Gasteiger partial charge in [-0.25, -0.2) is 4.39 Å². The van der Waals surface area contributed by atoms with Crippen LogP contribution in [-0.4, -0.2) is 94.5 Å². The van der Waals surface area contributed by atoms with E-state index in [1.165, 1.54) is 0 Å². The summed E-state index contributed by atoms with van der Waals surface area (Å²) in [6, 6.07) is 2.33. The number of likely N-dealkylation sites (N-methyl/N-ethyl adjacent to an activating group) is 1. The quantitative estimate of drug-likeness (QED) is 0.163. The molecule has 2 N–H and O–H groups in total. The number of nitrogens with one attached hydrogen (secondary N) is 2. The minimum absolute atomic E-state index is 0.00290. The molecule has 6 heterocycles. The van der Waals surface area contributed by atoms with Crippen LogP contribution in [-0.2, 0) is 9.53 Å². The molecular formula is C34H40ClFN8O3. The van der Waals surface area contributed by atoms with Gasteiger partial charge in [0.05, 0.1) is 29.2 Å². The fourth-order valence-electron chi connectivity index (χ4n) is 8.45. The van der Waals surface area contributed by atoms with Crippen molar-refractivity contribution in [1.82, 2.24) is 35.4 Å². The first-order valence-electron chi connectivity index (χ1n) is 16.9. The van der Waals surface area contributed by atoms with Gasteiger partial charge < -0.3 is 19.7 Å². The first kappa shape index (κ1) is 30.7. The number of aromatic nitrogens is 5. The maximum Gasteiger partial charge on any atom is 0.319 e. The SMILES string of the molecule is CNC1CCCN(c2nc(OCC34CCCN3CCC4)nc3c(F)c(-c4c(C5CC5CCOC=O)c(Cl)cc5[nH]ncc45)ncc23)C1. The Kier molecular flexibility index (Phi) is 8.13. The molecule has 248 valence electrons. The van der Waals surface area contributed by atoms with Crippen molar-refractivity contribution in [3.05, 3.63) is 34.9 Å². The van der Waals surface area contributed by atoms with Crippen LogP contribution in [0.25, 0.3) is 33.1 Å². The van der Waals surface area contributed by atoms with E-state index in [-0.39, 0.29) is 34.6 Å². The number of aromatic amines is 1. The monoisotopic (exact) mass is 662 g/mol. The number of fused-ring (bicyclic) bond motifs is 3. The van der Waals surface area contributed by atoms with Crippen LogP contribution in [0.1, 0.15) is 62.8 Å². The molecule has 1 aromatic carbocycles. The van der Waals surface area contributed by atoms with Gasteiger partial charge in [-0.05, 0) is 95.0 Å². The molecule has 0 amide bonds. The Morgan fingerprint density at radius 2 is 2.02 bits per heavy atom. The van der Waals surface area contributed by atoms with Crippen molar-refractivity contribution in [1.29, 1.82) is 0 Å². The molecule has 3 saturated heterocycles. The number of piperidine rings is 1. The number of nitrogens with zero attached hydrogens (tertiary/aromatic N) is 6. The van der Waals surface area contributed by atoms with Crippen LogP contribution in [0.3, 0.4) is 0 Å². The molecule has 13 heteroatoms. The Hall–Kier alpha value is -3.61. The summed E-state index contributed by atoms with van der Waals surface area (Å²) in [4.78, 5) is 29.9. The van der Waals surface area contributed by atoms with Gasteiger partial charge >= 0.3 is 6.01 Å². The molecule has 4 aliphatic rings. The number of carbonyl (C=O) groups excluding carboxylic acids is 1. The van der Waals surface area contributed by atoms with Gasteiger partial charge in [0.25, 0.3) is 6.47 Å². The van der Waals surface area contributed by atoms with E-state index in [2.05, 4.69) is 25.3 Å². The predicted molar refractivity (Wildman–Crippen MR) is 177 cm³/mol. The van der Waals surface area contributed by atoms with Gasteiger partial charge in [-0.1, -0.05) is 11.6 Å². The molecule has 1 saturated carbocycles. The summed E-state index contributed by atoms with van der Waals surface area (Å²) in [7, 11) is 1.97. The molecule has 4 fully saturated rings. The van der Waals surface area contributed by atoms with Crippen LogP contribution in [0.4, 0.5) is 10.2 Å². The summed E-state index contributed by atoms with van der Waals surface area (Å²) < 4.78 is 28.6. The first-order valence-corrected chi connectivity index (χ1v) is 17.2. The third-order valence-corrected chi connectivity index (χ3v) is 11.3. The highest BCUT2D eigenvalue weighted by Gasteiger charge is 2.45. The van der Waals surface area contributed by atoms with Crippen LogP contribution < -0.4 is 15.0 Å². The molecule has 11 nitrogen and oxygen atoms in total. The lowest BCUT2D eigenvalue weighted by molar-refractivity contribution is -0.128. The van der Waals surface area contributed by atoms with Crippen molar-refractivity contribution < 1.29 is 18.7 Å². The highest BCUT2D eigenvalue weighted by molar-refractivity contribution is 6.33. The lowest BCUT2D eigenvalue weighted by Crippen LogP contribution is -2.45. The van der Waals surface area contributed by atoms with E-state index in [0.717, 1.165) is 82.1 Å². The second-order valence-electron chi connectivity index (χ2n) is 13.6. The number of hydrogen-bond acceptors (Lipinski definition) is 10. The molecule has 0 spiro atoms. The lowest BCUT2D eigenvalue weighted by Gasteiger charge is -2.34. The number of benzene rings is 1. The van der Waals surface area contributed by atoms with Crippen LogP contribution in [0.2, 0.25) is 5.02 Å². The number of hydrogen-bond donors (Lipinski definition) is 2. The van der Waals surface area contributed by atoms with Gasteiger partial charge in [0.15, 0.2) is 5.82 Å². The molecular weight excluding hydrogens is 623 g/mol. The third-order valence-electron chi connectivity index (χ3n) is 11.0. The smallest absolute Gasteiger partial charge is 0.319 e. The van der Waals surface area contributed by atoms with Gasteiger partial charge in [-0.2, -0.15) is 15.1 Å². The van der Waals surface area contributed by atoms with Crippen molar-refractivity contribution in [3.8, 4) is 17.3 Å². The molecule has 47 heavy (non-hydrogen) atoms. The van der Waals surface area contributed by atoms with Gasteiger partial charge in [0.2, 0.25) is 0 Å². The summed E-state index contributed by atoms with van der Waals surface area (Å²) in [5.41, 5.74) is 2.52. The molecule has 1 aliphatic carbocycles. The van der Waals surface area contributed by atoms with Crippen LogP contribution in [0.5, 0.6) is 6.01 Å². The Morgan fingerprint density at radius 1 is 1.17 bits per heavy atom. The number of H-pyrrole nitrogens is 1. The second kappa shape index (κ2) is 12.4. The molecule has 3 unspecified atom stereocenters. The van der Waals surface area contributed by atoms with Gasteiger partial charge in [-0.15, -0.1) is 0 Å². The zero-order chi connectivity index (χ0) is 32.1. The van der Waals surface area contributed by atoms with Crippen molar-refractivity contribution in [3.63, 3.8) is 0 Å². The van der Waals surface area contributed by atoms with E-state index >= 15 is 4.39 Å². The van der Waals surface area contributed by atoms with Crippen molar-refractivity contribution in [2.24, 2.45) is 5.92 Å². The van der Waals surface area contributed by atoms with E-state index in [4.69, 9.17) is 36.0 Å². The zero-order valence-electron chi connectivity index (χ0n) is 26.6. The predicted octanol–water partition coefficient (Wildman–Crippen LogP) is 5.22. The average Bonchev–Trinajstić information content (AvgIpc) is 3.36. The van der Waals surface area contributed by atoms with Gasteiger partial charge in [-0.3, -0.25) is 19.8 Å². The number of ether oxygens (including phenoxy) is 2. The highest BCUT2D eigenvalue weighted by Crippen LogP contribution is 2.55. The fourth-order valence-corrected chi connectivity index (χ4v) is 8.79. The third kappa shape index (κ3) is 5.47. The van der Waals surface area contributed by atoms with Crippen LogP contribution in [0, 0.1) is 11.7 Å². The molecule has 3 aliphatic heterocycles. The maximum absolute atomic E-state index is 17.2. The molecule has 3 aromatic heterocycles. The Morgan fingerprint density at radius 3 is 2.83 bits per heavy atom. The maximum atomic E-state index is 17.2. The number of rotatable bonds is 11. The Labute approximate surface area is 277 Å². The average molecular weight is 663 g/mol. The summed E-state index contributed by atoms with van der Waals surface area (Å²) >= 11 is 6.93. The molecule has 4 aromatic rings. The van der Waals surface area contributed by atoms with Crippen LogP contribution in [0.15, 0.2) is 18.5 Å². The summed E-state index contributed by atoms with van der Waals surface area (Å²) in [5.74, 6) is 0.451. The van der Waals surface area contributed by atoms with Crippen LogP contribution >= 0.6 is 11.6 Å². The van der Waals surface area contributed by atoms with Crippen molar-refractivity contribution >= 4 is 45.7 Å². The van der Waals surface area contributed by atoms with E-state index in [1.54, 1.807) is 12.4 Å². The molecule has 0 radical (unpaired) electrons. The Balaban J connectivity index is 1.24. The lowest BCUT2D eigenvalue weighted by atomic mass is 9.94. The number of halogens is 2. The van der Waals surface area contributed by atoms with E-state index in [9.17, 15) is 4.79 Å². The highest BCUT2D eigenvalue weighted by atomic mass is 35.5. The van der Waals surface area contributed by atoms with Crippen molar-refractivity contribution in [2.45, 2.75) is 68.9 Å². The number of anilines is 1. The van der Waals surface area contributed by atoms with E-state index in [1.807, 2.05) is 13.1 Å². The fraction of sp³-hybridized carbons (Fsp3) is 0.559. The minimum atomic E-state index is -0.535. The van der Waals surface area contributed by atoms with Gasteiger partial charge in [0.1, 0.15) is 23.6 Å². The number of carbonyl (C=O) groups is 1. The summed E-state index contributed by atoms with van der Waals surface area (Å²) in [5, 5.41) is 12.5.